The van der Waals surface area contributed by atoms with Gasteiger partial charge in [-0.15, -0.1) is 0 Å². The van der Waals surface area contributed by atoms with Crippen LogP contribution in [0.5, 0.6) is 0 Å². The maximum atomic E-state index is 11.9. The molecule has 6 heteroatoms. The van der Waals surface area contributed by atoms with Crippen molar-refractivity contribution in [2.45, 2.75) is 13.5 Å². The summed E-state index contributed by atoms with van der Waals surface area (Å²) in [6, 6.07) is 3.34. The lowest BCUT2D eigenvalue weighted by Gasteiger charge is -2.04. The Morgan fingerprint density at radius 1 is 1.59 bits per heavy atom. The Morgan fingerprint density at radius 2 is 2.41 bits per heavy atom. The van der Waals surface area contributed by atoms with E-state index in [4.69, 9.17) is 5.73 Å². The predicted molar refractivity (Wildman–Crippen MR) is 66.9 cm³/mol. The highest BCUT2D eigenvalue weighted by atomic mass is 32.1. The summed E-state index contributed by atoms with van der Waals surface area (Å²) in [6.45, 7) is 2.17. The molecule has 2 rings (SSSR count). The standard InChI is InChI=1S/C11H12N4OS/c1-7-10(6-17-15-7)14-11(16)8-2-3-13-9(4-8)5-12/h2-4,6H,5,12H2,1H3,(H,14,16). The van der Waals surface area contributed by atoms with Gasteiger partial charge < -0.3 is 11.1 Å². The molecule has 0 aliphatic heterocycles. The van der Waals surface area contributed by atoms with E-state index >= 15 is 0 Å². The van der Waals surface area contributed by atoms with Crippen molar-refractivity contribution in [3.8, 4) is 0 Å². The Balaban J connectivity index is 2.17. The summed E-state index contributed by atoms with van der Waals surface area (Å²) >= 11 is 1.31. The van der Waals surface area contributed by atoms with Gasteiger partial charge in [0.05, 0.1) is 17.1 Å². The Bertz CT molecular complexity index is 538. The van der Waals surface area contributed by atoms with Crippen LogP contribution in [0, 0.1) is 6.92 Å². The number of nitrogens with two attached hydrogens (primary N) is 1. The first-order chi connectivity index (χ1) is 8.20. The number of hydrogen-bond acceptors (Lipinski definition) is 5. The number of rotatable bonds is 3. The van der Waals surface area contributed by atoms with E-state index in [2.05, 4.69) is 14.7 Å². The van der Waals surface area contributed by atoms with Gasteiger partial charge >= 0.3 is 0 Å². The summed E-state index contributed by atoms with van der Waals surface area (Å²) < 4.78 is 4.09. The largest absolute Gasteiger partial charge is 0.325 e. The minimum absolute atomic E-state index is 0.176. The average Bonchev–Trinajstić information content (AvgIpc) is 2.75. The first-order valence-corrected chi connectivity index (χ1v) is 5.91. The molecule has 0 aromatic carbocycles. The van der Waals surface area contributed by atoms with Crippen LogP contribution < -0.4 is 11.1 Å². The zero-order valence-corrected chi connectivity index (χ0v) is 10.1. The maximum absolute atomic E-state index is 11.9. The van der Waals surface area contributed by atoms with Crippen LogP contribution in [0.1, 0.15) is 21.7 Å². The summed E-state index contributed by atoms with van der Waals surface area (Å²) in [5.41, 5.74) is 8.27. The smallest absolute Gasteiger partial charge is 0.255 e. The molecule has 0 aliphatic rings. The van der Waals surface area contributed by atoms with Gasteiger partial charge in [0.2, 0.25) is 0 Å². The van der Waals surface area contributed by atoms with E-state index in [9.17, 15) is 4.79 Å². The van der Waals surface area contributed by atoms with Crippen molar-refractivity contribution >= 4 is 23.1 Å². The van der Waals surface area contributed by atoms with E-state index in [0.717, 1.165) is 11.4 Å². The fraction of sp³-hybridized carbons (Fsp3) is 0.182. The highest BCUT2D eigenvalue weighted by molar-refractivity contribution is 7.04. The molecule has 5 nitrogen and oxygen atoms in total. The zero-order chi connectivity index (χ0) is 12.3. The van der Waals surface area contributed by atoms with E-state index in [1.165, 1.54) is 11.5 Å². The van der Waals surface area contributed by atoms with Crippen molar-refractivity contribution in [3.05, 3.63) is 40.7 Å². The van der Waals surface area contributed by atoms with Gasteiger partial charge in [-0.05, 0) is 30.6 Å². The summed E-state index contributed by atoms with van der Waals surface area (Å²) in [5, 5.41) is 4.60. The molecule has 1 amide bonds. The summed E-state index contributed by atoms with van der Waals surface area (Å²) in [7, 11) is 0. The minimum Gasteiger partial charge on any atom is -0.325 e. The van der Waals surface area contributed by atoms with E-state index in [1.807, 2.05) is 6.92 Å². The quantitative estimate of drug-likeness (QED) is 0.863. The van der Waals surface area contributed by atoms with Crippen LogP contribution in [0.15, 0.2) is 23.7 Å². The fourth-order valence-electron chi connectivity index (χ4n) is 1.34. The van der Waals surface area contributed by atoms with E-state index < -0.39 is 0 Å². The summed E-state index contributed by atoms with van der Waals surface area (Å²) in [4.78, 5) is 16.0. The zero-order valence-electron chi connectivity index (χ0n) is 9.30. The molecule has 0 aliphatic carbocycles. The molecule has 0 bridgehead atoms. The molecule has 2 aromatic rings. The molecule has 3 N–H and O–H groups in total. The van der Waals surface area contributed by atoms with E-state index in [-0.39, 0.29) is 5.91 Å². The van der Waals surface area contributed by atoms with Crippen LogP contribution in [0.2, 0.25) is 0 Å². The highest BCUT2D eigenvalue weighted by Crippen LogP contribution is 2.16. The van der Waals surface area contributed by atoms with E-state index in [1.54, 1.807) is 23.7 Å². The third kappa shape index (κ3) is 2.66. The number of pyridine rings is 1. The highest BCUT2D eigenvalue weighted by Gasteiger charge is 2.09. The molecule has 17 heavy (non-hydrogen) atoms. The maximum Gasteiger partial charge on any atom is 0.255 e. The number of aromatic nitrogens is 2. The van der Waals surface area contributed by atoms with Gasteiger partial charge in [-0.3, -0.25) is 9.78 Å². The van der Waals surface area contributed by atoms with Gasteiger partial charge in [0.1, 0.15) is 0 Å². The first-order valence-electron chi connectivity index (χ1n) is 5.08. The second-order valence-corrected chi connectivity index (χ2v) is 4.14. The number of nitrogens with zero attached hydrogens (tertiary/aromatic N) is 2. The van der Waals surface area contributed by atoms with Crippen molar-refractivity contribution < 1.29 is 4.79 Å². The molecule has 88 valence electrons. The molecule has 0 fully saturated rings. The minimum atomic E-state index is -0.176. The number of aryl methyl sites for hydroxylation is 1. The third-order valence-corrected chi connectivity index (χ3v) is 3.01. The monoisotopic (exact) mass is 248 g/mol. The topological polar surface area (TPSA) is 80.9 Å². The number of amides is 1. The Morgan fingerprint density at radius 3 is 3.06 bits per heavy atom. The van der Waals surface area contributed by atoms with Gasteiger partial charge in [-0.2, -0.15) is 4.37 Å². The molecular weight excluding hydrogens is 236 g/mol. The van der Waals surface area contributed by atoms with Crippen LogP contribution in [-0.2, 0) is 6.54 Å². The SMILES string of the molecule is Cc1nscc1NC(=O)c1ccnc(CN)c1. The first kappa shape index (κ1) is 11.7. The number of anilines is 1. The van der Waals surface area contributed by atoms with Gasteiger partial charge in [0, 0.05) is 23.7 Å². The Labute approximate surface area is 103 Å². The lowest BCUT2D eigenvalue weighted by molar-refractivity contribution is 0.102. The number of hydrogen-bond donors (Lipinski definition) is 2. The normalized spacial score (nSPS) is 10.2. The van der Waals surface area contributed by atoms with Gasteiger partial charge in [0.15, 0.2) is 0 Å². The summed E-state index contributed by atoms with van der Waals surface area (Å²) in [6.07, 6.45) is 1.58. The fourth-order valence-corrected chi connectivity index (χ4v) is 1.98. The van der Waals surface area contributed by atoms with Crippen LogP contribution in [-0.4, -0.2) is 15.3 Å². The molecule has 0 radical (unpaired) electrons. The second-order valence-electron chi connectivity index (χ2n) is 3.51. The molecule has 0 unspecified atom stereocenters. The second kappa shape index (κ2) is 5.03. The Kier molecular flexibility index (Phi) is 3.46. The lowest BCUT2D eigenvalue weighted by Crippen LogP contribution is -2.13. The van der Waals surface area contributed by atoms with Gasteiger partial charge in [-0.1, -0.05) is 0 Å². The predicted octanol–water partition coefficient (Wildman–Crippen LogP) is 1.56. The molecule has 2 heterocycles. The molecule has 2 aromatic heterocycles. The third-order valence-electron chi connectivity index (χ3n) is 2.29. The van der Waals surface area contributed by atoms with E-state index in [0.29, 0.717) is 17.8 Å². The van der Waals surface area contributed by atoms with Crippen LogP contribution in [0.3, 0.4) is 0 Å². The van der Waals surface area contributed by atoms with Crippen molar-refractivity contribution in [3.63, 3.8) is 0 Å². The van der Waals surface area contributed by atoms with Crippen molar-refractivity contribution in [1.29, 1.82) is 0 Å². The van der Waals surface area contributed by atoms with Crippen LogP contribution >= 0.6 is 11.5 Å². The number of carbonyl (C=O) groups is 1. The van der Waals surface area contributed by atoms with Crippen molar-refractivity contribution in [2.24, 2.45) is 5.73 Å². The lowest BCUT2D eigenvalue weighted by atomic mass is 10.2. The molecule has 0 atom stereocenters. The molecule has 0 saturated carbocycles. The molecule has 0 spiro atoms. The Hall–Kier alpha value is -1.79. The van der Waals surface area contributed by atoms with Crippen LogP contribution in [0.4, 0.5) is 5.69 Å². The molecule has 0 saturated heterocycles. The van der Waals surface area contributed by atoms with Crippen molar-refractivity contribution in [1.82, 2.24) is 9.36 Å². The van der Waals surface area contributed by atoms with Crippen LogP contribution in [0.25, 0.3) is 0 Å². The number of carbonyl (C=O) groups excluding carboxylic acids is 1. The van der Waals surface area contributed by atoms with Gasteiger partial charge in [-0.25, -0.2) is 0 Å². The summed E-state index contributed by atoms with van der Waals surface area (Å²) in [5.74, 6) is -0.176. The molecular formula is C11H12N4OS. The average molecular weight is 248 g/mol. The number of nitrogens with one attached hydrogen (secondary N) is 1. The van der Waals surface area contributed by atoms with Crippen molar-refractivity contribution in [2.75, 3.05) is 5.32 Å². The van der Waals surface area contributed by atoms with Gasteiger partial charge in [0.25, 0.3) is 5.91 Å².